The summed E-state index contributed by atoms with van der Waals surface area (Å²) < 4.78 is 0. The van der Waals surface area contributed by atoms with E-state index in [1.807, 2.05) is 36.4 Å². The van der Waals surface area contributed by atoms with Crippen molar-refractivity contribution in [3.8, 4) is 0 Å². The van der Waals surface area contributed by atoms with Gasteiger partial charge in [0.05, 0.1) is 0 Å². The fourth-order valence-corrected chi connectivity index (χ4v) is 6.30. The van der Waals surface area contributed by atoms with Crippen LogP contribution in [-0.4, -0.2) is 21.3 Å². The summed E-state index contributed by atoms with van der Waals surface area (Å²) in [5, 5.41) is 1.39. The molecule has 5 rings (SSSR count). The molecule has 2 nitrogen and oxygen atoms in total. The molecule has 3 aliphatic rings. The van der Waals surface area contributed by atoms with Gasteiger partial charge in [-0.05, 0) is 21.9 Å². The monoisotopic (exact) mass is 396 g/mol. The Hall–Kier alpha value is -1.06. The maximum absolute atomic E-state index is 12.8. The Bertz CT molecular complexity index is 950. The third-order valence-electron chi connectivity index (χ3n) is 5.61. The fourth-order valence-electron chi connectivity index (χ4n) is 4.65. The van der Waals surface area contributed by atoms with Crippen molar-refractivity contribution < 1.29 is 9.59 Å². The molecule has 0 saturated heterocycles. The minimum absolute atomic E-state index is 0.325. The fraction of sp³-hybridized carbons (Fsp3) is 0.222. The molecule has 0 bridgehead atoms. The number of fused-ring (bicyclic) bond motifs is 6. The Morgan fingerprint density at radius 3 is 1.58 bits per heavy atom. The molecule has 3 aliphatic carbocycles. The number of ketones is 2. The molecule has 4 atom stereocenters. The maximum atomic E-state index is 12.8. The average Bonchev–Trinajstić information content (AvgIpc) is 2.92. The number of allylic oxidation sites excluding steroid dienone is 2. The zero-order valence-corrected chi connectivity index (χ0v) is 15.0. The van der Waals surface area contributed by atoms with Crippen molar-refractivity contribution in [3.63, 3.8) is 0 Å². The normalized spacial score (nSPS) is 36.7. The van der Waals surface area contributed by atoms with Crippen molar-refractivity contribution in [1.82, 2.24) is 0 Å². The van der Waals surface area contributed by atoms with Gasteiger partial charge in [0.25, 0.3) is 0 Å². The Kier molecular flexibility index (Phi) is 2.77. The van der Waals surface area contributed by atoms with Crippen LogP contribution in [0.1, 0.15) is 23.0 Å². The number of alkyl halides is 2. The van der Waals surface area contributed by atoms with Crippen LogP contribution in [0.5, 0.6) is 0 Å². The standard InChI is InChI=1S/C18H8Cl4O2/c19-13-14(20)16(24)18(22)12-9-6-2-4-7-3-1-5-8(10(7)9)11(12)17(18,21)15(13)23/h1-6,11-12H/t11-,12+,17+,18-. The highest BCUT2D eigenvalue weighted by Crippen LogP contribution is 2.75. The van der Waals surface area contributed by atoms with Crippen LogP contribution in [0, 0.1) is 0 Å². The second kappa shape index (κ2) is 4.37. The smallest absolute Gasteiger partial charge is 0.199 e. The Labute approximate surface area is 157 Å². The first-order chi connectivity index (χ1) is 11.3. The second-order valence-electron chi connectivity index (χ2n) is 6.46. The molecule has 6 heteroatoms. The zero-order chi connectivity index (χ0) is 17.0. The lowest BCUT2D eigenvalue weighted by atomic mass is 9.50. The molecule has 0 spiro atoms. The quantitative estimate of drug-likeness (QED) is 0.596. The van der Waals surface area contributed by atoms with Gasteiger partial charge in [-0.3, -0.25) is 9.59 Å². The number of carbonyl (C=O) groups excluding carboxylic acids is 2. The summed E-state index contributed by atoms with van der Waals surface area (Å²) in [6.45, 7) is 0. The topological polar surface area (TPSA) is 34.1 Å². The van der Waals surface area contributed by atoms with Crippen LogP contribution in [0.4, 0.5) is 0 Å². The van der Waals surface area contributed by atoms with E-state index in [0.29, 0.717) is 0 Å². The van der Waals surface area contributed by atoms with Crippen LogP contribution in [0.25, 0.3) is 10.8 Å². The first-order valence-electron chi connectivity index (χ1n) is 7.39. The second-order valence-corrected chi connectivity index (χ2v) is 8.41. The third kappa shape index (κ3) is 1.30. The molecule has 0 unspecified atom stereocenters. The van der Waals surface area contributed by atoms with Crippen molar-refractivity contribution in [2.45, 2.75) is 21.6 Å². The summed E-state index contributed by atoms with van der Waals surface area (Å²) in [4.78, 5) is 22.5. The van der Waals surface area contributed by atoms with Crippen LogP contribution in [0.3, 0.4) is 0 Å². The van der Waals surface area contributed by atoms with E-state index in [9.17, 15) is 9.59 Å². The van der Waals surface area contributed by atoms with Crippen molar-refractivity contribution in [2.75, 3.05) is 0 Å². The van der Waals surface area contributed by atoms with E-state index < -0.39 is 33.2 Å². The summed E-state index contributed by atoms with van der Waals surface area (Å²) in [6.07, 6.45) is 0. The molecule has 1 saturated carbocycles. The first kappa shape index (κ1) is 15.2. The van der Waals surface area contributed by atoms with Crippen LogP contribution < -0.4 is 0 Å². The van der Waals surface area contributed by atoms with Crippen LogP contribution in [0.2, 0.25) is 0 Å². The van der Waals surface area contributed by atoms with E-state index in [-0.39, 0.29) is 10.1 Å². The van der Waals surface area contributed by atoms with Gasteiger partial charge in [-0.15, -0.1) is 23.2 Å². The summed E-state index contributed by atoms with van der Waals surface area (Å²) in [5.41, 5.74) is 1.87. The molecule has 120 valence electrons. The Morgan fingerprint density at radius 1 is 0.750 bits per heavy atom. The van der Waals surface area contributed by atoms with Gasteiger partial charge in [0.2, 0.25) is 0 Å². The molecule has 0 N–H and O–H groups in total. The lowest BCUT2D eigenvalue weighted by Gasteiger charge is -2.60. The van der Waals surface area contributed by atoms with Gasteiger partial charge in [-0.1, -0.05) is 59.6 Å². The lowest BCUT2D eigenvalue weighted by molar-refractivity contribution is -0.133. The predicted octanol–water partition coefficient (Wildman–Crippen LogP) is 4.83. The largest absolute Gasteiger partial charge is 0.291 e. The zero-order valence-electron chi connectivity index (χ0n) is 11.9. The van der Waals surface area contributed by atoms with Gasteiger partial charge >= 0.3 is 0 Å². The maximum Gasteiger partial charge on any atom is 0.199 e. The van der Waals surface area contributed by atoms with Gasteiger partial charge in [0.15, 0.2) is 11.6 Å². The van der Waals surface area contributed by atoms with Gasteiger partial charge in [-0.25, -0.2) is 0 Å². The van der Waals surface area contributed by atoms with Gasteiger partial charge in [0.1, 0.15) is 19.8 Å². The van der Waals surface area contributed by atoms with Crippen LogP contribution in [0.15, 0.2) is 46.5 Å². The number of Topliss-reactive ketones (excluding diaryl/α,β-unsaturated/α-hetero) is 2. The van der Waals surface area contributed by atoms with Crippen molar-refractivity contribution >= 4 is 68.7 Å². The highest BCUT2D eigenvalue weighted by atomic mass is 35.5. The van der Waals surface area contributed by atoms with E-state index in [0.717, 1.165) is 21.9 Å². The van der Waals surface area contributed by atoms with E-state index >= 15 is 0 Å². The molecule has 2 aromatic carbocycles. The summed E-state index contributed by atoms with van der Waals surface area (Å²) >= 11 is 25.5. The number of hydrogen-bond donors (Lipinski definition) is 0. The summed E-state index contributed by atoms with van der Waals surface area (Å²) in [6, 6.07) is 11.7. The molecule has 0 radical (unpaired) electrons. The van der Waals surface area contributed by atoms with Gasteiger partial charge in [-0.2, -0.15) is 0 Å². The molecule has 0 heterocycles. The highest BCUT2D eigenvalue weighted by Gasteiger charge is 2.81. The number of halogens is 4. The molecular formula is C18H8Cl4O2. The molecule has 0 aliphatic heterocycles. The predicted molar refractivity (Wildman–Crippen MR) is 95.3 cm³/mol. The van der Waals surface area contributed by atoms with E-state index in [2.05, 4.69) is 0 Å². The number of rotatable bonds is 0. The third-order valence-corrected chi connectivity index (χ3v) is 7.94. The summed E-state index contributed by atoms with van der Waals surface area (Å²) in [5.74, 6) is -1.94. The first-order valence-corrected chi connectivity index (χ1v) is 8.90. The van der Waals surface area contributed by atoms with E-state index in [4.69, 9.17) is 46.4 Å². The SMILES string of the molecule is O=C1C(Cl)=C(Cl)C(=O)[C@]2(Cl)[C@H]3c4cccc5cccc(c45)[C@H]3[C@]12Cl. The minimum Gasteiger partial charge on any atom is -0.291 e. The molecule has 24 heavy (non-hydrogen) atoms. The Balaban J connectivity index is 1.88. The number of hydrogen-bond acceptors (Lipinski definition) is 2. The molecular weight excluding hydrogens is 390 g/mol. The van der Waals surface area contributed by atoms with Gasteiger partial charge in [0, 0.05) is 11.8 Å². The van der Waals surface area contributed by atoms with Crippen molar-refractivity contribution in [3.05, 3.63) is 57.6 Å². The van der Waals surface area contributed by atoms with Crippen molar-refractivity contribution in [2.24, 2.45) is 0 Å². The molecule has 2 aromatic rings. The molecule has 0 amide bonds. The van der Waals surface area contributed by atoms with Gasteiger partial charge < -0.3 is 0 Å². The van der Waals surface area contributed by atoms with Crippen LogP contribution >= 0.6 is 46.4 Å². The van der Waals surface area contributed by atoms with Crippen LogP contribution in [-0.2, 0) is 9.59 Å². The average molecular weight is 398 g/mol. The molecule has 1 fully saturated rings. The highest BCUT2D eigenvalue weighted by molar-refractivity contribution is 6.67. The minimum atomic E-state index is -1.61. The number of benzene rings is 2. The lowest BCUT2D eigenvalue weighted by Crippen LogP contribution is -2.74. The number of carbonyl (C=O) groups is 2. The summed E-state index contributed by atoms with van der Waals surface area (Å²) in [7, 11) is 0. The molecule has 0 aromatic heterocycles. The van der Waals surface area contributed by atoms with E-state index in [1.165, 1.54) is 0 Å². The van der Waals surface area contributed by atoms with Crippen molar-refractivity contribution in [1.29, 1.82) is 0 Å². The van der Waals surface area contributed by atoms with E-state index in [1.54, 1.807) is 0 Å². The Morgan fingerprint density at radius 2 is 1.17 bits per heavy atom.